The van der Waals surface area contributed by atoms with Crippen LogP contribution in [-0.2, 0) is 9.53 Å². The smallest absolute Gasteiger partial charge is 0.338 e. The maximum Gasteiger partial charge on any atom is 0.338 e. The number of hydroxylamine groups is 1. The summed E-state index contributed by atoms with van der Waals surface area (Å²) in [4.78, 5) is 23.1. The molecule has 0 radical (unpaired) electrons. The quantitative estimate of drug-likeness (QED) is 0.523. The molecule has 0 heterocycles. The lowest BCUT2D eigenvalue weighted by Crippen LogP contribution is -2.13. The van der Waals surface area contributed by atoms with Gasteiger partial charge in [0.25, 0.3) is 0 Å². The number of anilines is 1. The van der Waals surface area contributed by atoms with Gasteiger partial charge in [0.1, 0.15) is 0 Å². The van der Waals surface area contributed by atoms with Crippen molar-refractivity contribution in [2.45, 2.75) is 6.92 Å². The predicted octanol–water partition coefficient (Wildman–Crippen LogP) is 2.64. The van der Waals surface area contributed by atoms with Crippen LogP contribution in [0.5, 0.6) is 0 Å². The molecule has 1 aromatic rings. The molecule has 21 heavy (non-hydrogen) atoms. The van der Waals surface area contributed by atoms with Gasteiger partial charge in [0.05, 0.1) is 17.9 Å². The van der Waals surface area contributed by atoms with Crippen molar-refractivity contribution in [2.75, 3.05) is 11.7 Å². The van der Waals surface area contributed by atoms with Crippen molar-refractivity contribution in [3.8, 4) is 0 Å². The second kappa shape index (κ2) is 6.67. The highest BCUT2D eigenvalue weighted by Crippen LogP contribution is 2.17. The number of nitrogens with zero attached hydrogens (tertiary/aromatic N) is 1. The Hall–Kier alpha value is -2.66. The molecule has 0 saturated heterocycles. The molecule has 1 aliphatic carbocycles. The van der Waals surface area contributed by atoms with Crippen LogP contribution in [0.25, 0.3) is 0 Å². The fourth-order valence-electron chi connectivity index (χ4n) is 1.76. The second-order valence-corrected chi connectivity index (χ2v) is 4.28. The van der Waals surface area contributed by atoms with E-state index in [0.29, 0.717) is 23.4 Å². The molecule has 2 rings (SSSR count). The standard InChI is InChI=1S/C16H15NO4/c1-2-21-16(19)12-7-9-14(10-8-12)17(20)11-13-5-3-4-6-15(13)18/h3-11,20H,2H2,1H3/b13-11-. The summed E-state index contributed by atoms with van der Waals surface area (Å²) in [7, 11) is 0. The van der Waals surface area contributed by atoms with Crippen LogP contribution in [0.3, 0.4) is 0 Å². The summed E-state index contributed by atoms with van der Waals surface area (Å²) in [5, 5.41) is 10.8. The van der Waals surface area contributed by atoms with Gasteiger partial charge < -0.3 is 4.74 Å². The number of ketones is 1. The number of hydrogen-bond acceptors (Lipinski definition) is 5. The topological polar surface area (TPSA) is 66.8 Å². The molecule has 108 valence electrons. The van der Waals surface area contributed by atoms with Crippen molar-refractivity contribution < 1.29 is 19.5 Å². The first-order chi connectivity index (χ1) is 10.1. The molecule has 0 amide bonds. The Kier molecular flexibility index (Phi) is 4.68. The zero-order valence-corrected chi connectivity index (χ0v) is 11.5. The molecular weight excluding hydrogens is 270 g/mol. The van der Waals surface area contributed by atoms with E-state index < -0.39 is 5.97 Å². The van der Waals surface area contributed by atoms with Gasteiger partial charge in [-0.25, -0.2) is 9.86 Å². The van der Waals surface area contributed by atoms with Crippen LogP contribution in [-0.4, -0.2) is 23.6 Å². The normalized spacial score (nSPS) is 15.3. The summed E-state index contributed by atoms with van der Waals surface area (Å²) in [6.07, 6.45) is 7.70. The van der Waals surface area contributed by atoms with Crippen LogP contribution in [0.15, 0.2) is 60.3 Å². The highest BCUT2D eigenvalue weighted by molar-refractivity contribution is 6.07. The van der Waals surface area contributed by atoms with Gasteiger partial charge in [-0.1, -0.05) is 12.2 Å². The highest BCUT2D eigenvalue weighted by atomic mass is 16.5. The number of carbonyl (C=O) groups is 2. The Balaban J connectivity index is 2.13. The van der Waals surface area contributed by atoms with E-state index in [0.717, 1.165) is 5.06 Å². The number of carbonyl (C=O) groups excluding carboxylic acids is 2. The van der Waals surface area contributed by atoms with Gasteiger partial charge >= 0.3 is 5.97 Å². The molecule has 0 atom stereocenters. The zero-order chi connectivity index (χ0) is 15.2. The molecule has 5 heteroatoms. The molecule has 0 unspecified atom stereocenters. The zero-order valence-electron chi connectivity index (χ0n) is 11.5. The molecule has 1 N–H and O–H groups in total. The van der Waals surface area contributed by atoms with Crippen molar-refractivity contribution in [2.24, 2.45) is 0 Å². The van der Waals surface area contributed by atoms with Gasteiger partial charge in [-0.15, -0.1) is 0 Å². The first kappa shape index (κ1) is 14.7. The van der Waals surface area contributed by atoms with Crippen molar-refractivity contribution in [1.29, 1.82) is 0 Å². The summed E-state index contributed by atoms with van der Waals surface area (Å²) in [6.45, 7) is 2.04. The van der Waals surface area contributed by atoms with E-state index in [4.69, 9.17) is 4.74 Å². The molecule has 0 bridgehead atoms. The number of allylic oxidation sites excluding steroid dienone is 5. The van der Waals surface area contributed by atoms with Gasteiger partial charge in [0.2, 0.25) is 0 Å². The molecule has 0 fully saturated rings. The summed E-state index contributed by atoms with van der Waals surface area (Å²) >= 11 is 0. The van der Waals surface area contributed by atoms with Crippen LogP contribution >= 0.6 is 0 Å². The largest absolute Gasteiger partial charge is 0.462 e. The van der Waals surface area contributed by atoms with Crippen molar-refractivity contribution in [3.63, 3.8) is 0 Å². The van der Waals surface area contributed by atoms with Crippen LogP contribution in [0, 0.1) is 0 Å². The lowest BCUT2D eigenvalue weighted by atomic mass is 10.1. The average Bonchev–Trinajstić information content (AvgIpc) is 2.50. The maximum atomic E-state index is 11.6. The number of hydrogen-bond donors (Lipinski definition) is 1. The Labute approximate surface area is 122 Å². The minimum absolute atomic E-state index is 0.181. The fraction of sp³-hybridized carbons (Fsp3) is 0.125. The second-order valence-electron chi connectivity index (χ2n) is 4.28. The maximum absolute atomic E-state index is 11.6. The third-order valence-corrected chi connectivity index (χ3v) is 2.82. The van der Waals surface area contributed by atoms with Crippen molar-refractivity contribution in [3.05, 3.63) is 65.9 Å². The van der Waals surface area contributed by atoms with Crippen LogP contribution in [0.4, 0.5) is 5.69 Å². The Morgan fingerprint density at radius 2 is 1.90 bits per heavy atom. The van der Waals surface area contributed by atoms with Crippen LogP contribution < -0.4 is 5.06 Å². The number of ether oxygens (including phenoxy) is 1. The van der Waals surface area contributed by atoms with E-state index in [1.807, 2.05) is 0 Å². The molecule has 5 nitrogen and oxygen atoms in total. The molecule has 1 aromatic carbocycles. The molecule has 1 aliphatic rings. The van der Waals surface area contributed by atoms with E-state index in [1.165, 1.54) is 12.3 Å². The first-order valence-electron chi connectivity index (χ1n) is 6.48. The van der Waals surface area contributed by atoms with E-state index in [1.54, 1.807) is 49.4 Å². The van der Waals surface area contributed by atoms with Gasteiger partial charge in [0, 0.05) is 11.8 Å². The Bertz CT molecular complexity index is 626. The summed E-state index contributed by atoms with van der Waals surface area (Å²) in [6, 6.07) is 6.23. The van der Waals surface area contributed by atoms with Crippen LogP contribution in [0.1, 0.15) is 17.3 Å². The molecule has 0 aromatic heterocycles. The molecule has 0 aliphatic heterocycles. The summed E-state index contributed by atoms with van der Waals surface area (Å²) in [5.74, 6) is -0.595. The third kappa shape index (κ3) is 3.67. The summed E-state index contributed by atoms with van der Waals surface area (Å²) in [5.41, 5.74) is 1.21. The Morgan fingerprint density at radius 3 is 2.52 bits per heavy atom. The van der Waals surface area contributed by atoms with Gasteiger partial charge in [-0.3, -0.25) is 10.0 Å². The minimum atomic E-state index is -0.414. The SMILES string of the molecule is CCOC(=O)c1ccc(N(O)/C=C2/C=CC=CC2=O)cc1. The fourth-order valence-corrected chi connectivity index (χ4v) is 1.76. The first-order valence-corrected chi connectivity index (χ1v) is 6.48. The monoisotopic (exact) mass is 285 g/mol. The van der Waals surface area contributed by atoms with Gasteiger partial charge in [-0.05, 0) is 43.3 Å². The summed E-state index contributed by atoms with van der Waals surface area (Å²) < 4.78 is 4.88. The van der Waals surface area contributed by atoms with Crippen molar-refractivity contribution >= 4 is 17.4 Å². The van der Waals surface area contributed by atoms with Crippen molar-refractivity contribution in [1.82, 2.24) is 0 Å². The lowest BCUT2D eigenvalue weighted by Gasteiger charge is -2.14. The third-order valence-electron chi connectivity index (χ3n) is 2.82. The number of rotatable bonds is 4. The molecular formula is C16H15NO4. The van der Waals surface area contributed by atoms with E-state index >= 15 is 0 Å². The van der Waals surface area contributed by atoms with E-state index in [2.05, 4.69) is 0 Å². The Morgan fingerprint density at radius 1 is 1.24 bits per heavy atom. The minimum Gasteiger partial charge on any atom is -0.462 e. The van der Waals surface area contributed by atoms with Gasteiger partial charge in [0.15, 0.2) is 5.78 Å². The van der Waals surface area contributed by atoms with E-state index in [9.17, 15) is 14.8 Å². The number of esters is 1. The van der Waals surface area contributed by atoms with E-state index in [-0.39, 0.29) is 5.78 Å². The number of benzene rings is 1. The molecule has 0 saturated carbocycles. The highest BCUT2D eigenvalue weighted by Gasteiger charge is 2.10. The molecule has 0 spiro atoms. The predicted molar refractivity (Wildman–Crippen MR) is 78.0 cm³/mol. The lowest BCUT2D eigenvalue weighted by molar-refractivity contribution is -0.111. The average molecular weight is 285 g/mol. The van der Waals surface area contributed by atoms with Crippen LogP contribution in [0.2, 0.25) is 0 Å². The van der Waals surface area contributed by atoms with Gasteiger partial charge in [-0.2, -0.15) is 0 Å².